The van der Waals surface area contributed by atoms with E-state index >= 15 is 0 Å². The van der Waals surface area contributed by atoms with Crippen molar-refractivity contribution in [1.82, 2.24) is 24.1 Å². The first-order chi connectivity index (χ1) is 21.8. The number of benzene rings is 1. The Kier molecular flexibility index (Phi) is 7.84. The standard InChI is InChI=1S/C31H35N5O8S/c1-18-25-26(37)35(31(9-10-31)29(38)39)30(40)34(28(25)45-27(18)36-32-11-12-33-36)17-24(44-21-15-19-7-8-20(16-21)43-19)22-5-3-4-6-23(22)42-14-13-41-2/h3-6,11-12,19-21,24H,7-10,13-17H2,1-2H3,(H,38,39)/t19-,20+,21?,24-/m0/s1. The molecule has 238 valence electrons. The fourth-order valence-corrected chi connectivity index (χ4v) is 7.90. The molecule has 4 aromatic rings. The van der Waals surface area contributed by atoms with Crippen molar-refractivity contribution in [1.29, 1.82) is 0 Å². The van der Waals surface area contributed by atoms with E-state index in [0.717, 1.165) is 35.8 Å². The van der Waals surface area contributed by atoms with Gasteiger partial charge in [-0.3, -0.25) is 9.36 Å². The summed E-state index contributed by atoms with van der Waals surface area (Å²) in [5, 5.41) is 19.5. The fourth-order valence-electron chi connectivity index (χ4n) is 6.68. The molecule has 3 aromatic heterocycles. The predicted octanol–water partition coefficient (Wildman–Crippen LogP) is 3.18. The molecule has 3 fully saturated rings. The summed E-state index contributed by atoms with van der Waals surface area (Å²) in [7, 11) is 1.60. The lowest BCUT2D eigenvalue weighted by Crippen LogP contribution is -2.49. The quantitative estimate of drug-likeness (QED) is 0.230. The van der Waals surface area contributed by atoms with Crippen LogP contribution in [0.4, 0.5) is 0 Å². The number of carbonyl (C=O) groups is 1. The third kappa shape index (κ3) is 5.29. The molecule has 1 unspecified atom stereocenters. The van der Waals surface area contributed by atoms with Crippen LogP contribution in [-0.4, -0.2) is 73.8 Å². The smallest absolute Gasteiger partial charge is 0.333 e. The van der Waals surface area contributed by atoms with Crippen molar-refractivity contribution >= 4 is 27.5 Å². The highest BCUT2D eigenvalue weighted by atomic mass is 32.1. The number of fused-ring (bicyclic) bond motifs is 3. The van der Waals surface area contributed by atoms with Gasteiger partial charge >= 0.3 is 11.7 Å². The minimum atomic E-state index is -1.58. The molecule has 0 radical (unpaired) electrons. The number of rotatable bonds is 12. The number of methoxy groups -OCH3 is 1. The number of para-hydroxylation sites is 1. The highest BCUT2D eigenvalue weighted by molar-refractivity contribution is 7.21. The Morgan fingerprint density at radius 3 is 2.51 bits per heavy atom. The Labute approximate surface area is 261 Å². The predicted molar refractivity (Wildman–Crippen MR) is 163 cm³/mol. The van der Waals surface area contributed by atoms with E-state index in [1.165, 1.54) is 33.1 Å². The van der Waals surface area contributed by atoms with Gasteiger partial charge in [-0.25, -0.2) is 14.2 Å². The maximum Gasteiger partial charge on any atom is 0.333 e. The molecule has 13 nitrogen and oxygen atoms in total. The Morgan fingerprint density at radius 1 is 1.13 bits per heavy atom. The second-order valence-electron chi connectivity index (χ2n) is 12.0. The molecule has 1 N–H and O–H groups in total. The zero-order chi connectivity index (χ0) is 31.3. The van der Waals surface area contributed by atoms with Crippen molar-refractivity contribution < 1.29 is 28.8 Å². The number of carboxylic acid groups (broad SMARTS) is 1. The lowest BCUT2D eigenvalue weighted by atomic mass is 10.0. The number of aliphatic carboxylic acids is 1. The summed E-state index contributed by atoms with van der Waals surface area (Å²) in [5.41, 5.74) is -1.58. The minimum Gasteiger partial charge on any atom is -0.491 e. The van der Waals surface area contributed by atoms with Crippen LogP contribution in [0.15, 0.2) is 46.2 Å². The number of aryl methyl sites for hydroxylation is 1. The largest absolute Gasteiger partial charge is 0.491 e. The molecule has 5 heterocycles. The molecule has 7 rings (SSSR count). The molecule has 0 amide bonds. The van der Waals surface area contributed by atoms with Gasteiger partial charge in [0.15, 0.2) is 0 Å². The summed E-state index contributed by atoms with van der Waals surface area (Å²) in [6.45, 7) is 2.50. The molecule has 1 aliphatic carbocycles. The van der Waals surface area contributed by atoms with Crippen LogP contribution in [0.25, 0.3) is 15.2 Å². The minimum absolute atomic E-state index is 0.0224. The molecule has 14 heteroatoms. The summed E-state index contributed by atoms with van der Waals surface area (Å²) in [6, 6.07) is 7.53. The maximum atomic E-state index is 14.4. The zero-order valence-corrected chi connectivity index (χ0v) is 25.9. The van der Waals surface area contributed by atoms with Crippen LogP contribution < -0.4 is 16.0 Å². The first kappa shape index (κ1) is 29.8. The summed E-state index contributed by atoms with van der Waals surface area (Å²) in [6.07, 6.45) is 6.40. The second kappa shape index (κ2) is 11.8. The molecule has 2 bridgehead atoms. The Bertz CT molecular complexity index is 1830. The van der Waals surface area contributed by atoms with Crippen LogP contribution in [-0.2, 0) is 31.1 Å². The van der Waals surface area contributed by atoms with Gasteiger partial charge in [0.25, 0.3) is 5.56 Å². The number of hydrogen-bond donors (Lipinski definition) is 1. The molecular formula is C31H35N5O8S. The third-order valence-corrected chi connectivity index (χ3v) is 10.4. The van der Waals surface area contributed by atoms with Gasteiger partial charge in [0.05, 0.1) is 49.2 Å². The van der Waals surface area contributed by atoms with Crippen LogP contribution in [0.1, 0.15) is 55.8 Å². The zero-order valence-electron chi connectivity index (χ0n) is 25.1. The van der Waals surface area contributed by atoms with E-state index in [0.29, 0.717) is 34.4 Å². The van der Waals surface area contributed by atoms with E-state index in [9.17, 15) is 19.5 Å². The molecular weight excluding hydrogens is 602 g/mol. The average Bonchev–Trinajstić information content (AvgIpc) is 3.31. The van der Waals surface area contributed by atoms with Crippen molar-refractivity contribution in [2.24, 2.45) is 0 Å². The summed E-state index contributed by atoms with van der Waals surface area (Å²) in [4.78, 5) is 42.7. The number of thiophene rings is 1. The maximum absolute atomic E-state index is 14.4. The fraction of sp³-hybridized carbons (Fsp3) is 0.516. The Morgan fingerprint density at radius 2 is 1.84 bits per heavy atom. The van der Waals surface area contributed by atoms with E-state index in [-0.39, 0.29) is 43.1 Å². The SMILES string of the molecule is COCCOc1ccccc1[C@H](Cn1c(=O)n(C2(C(=O)O)CC2)c(=O)c2c(C)c(-n3nccn3)sc21)OC1C[C@H]2CC[C@@H](C1)O2. The topological polar surface area (TPSA) is 149 Å². The van der Waals surface area contributed by atoms with Gasteiger partial charge in [-0.2, -0.15) is 10.2 Å². The molecule has 45 heavy (non-hydrogen) atoms. The van der Waals surface area contributed by atoms with Gasteiger partial charge in [0.2, 0.25) is 0 Å². The summed E-state index contributed by atoms with van der Waals surface area (Å²) in [5.74, 6) is -0.600. The van der Waals surface area contributed by atoms with E-state index < -0.39 is 28.9 Å². The Hall–Kier alpha value is -3.85. The van der Waals surface area contributed by atoms with E-state index in [1.807, 2.05) is 24.3 Å². The van der Waals surface area contributed by atoms with Crippen LogP contribution in [0.3, 0.4) is 0 Å². The van der Waals surface area contributed by atoms with Crippen LogP contribution in [0.5, 0.6) is 5.75 Å². The average molecular weight is 638 g/mol. The van der Waals surface area contributed by atoms with Gasteiger partial charge < -0.3 is 24.1 Å². The van der Waals surface area contributed by atoms with Gasteiger partial charge in [0.1, 0.15) is 33.8 Å². The van der Waals surface area contributed by atoms with Crippen LogP contribution in [0.2, 0.25) is 0 Å². The second-order valence-corrected chi connectivity index (χ2v) is 12.9. The summed E-state index contributed by atoms with van der Waals surface area (Å²) >= 11 is 1.22. The highest BCUT2D eigenvalue weighted by Crippen LogP contribution is 2.43. The number of ether oxygens (including phenoxy) is 4. The van der Waals surface area contributed by atoms with Crippen LogP contribution in [0, 0.1) is 6.92 Å². The van der Waals surface area contributed by atoms with E-state index in [4.69, 9.17) is 18.9 Å². The number of aromatic nitrogens is 5. The molecule has 4 atom stereocenters. The number of nitrogens with zero attached hydrogens (tertiary/aromatic N) is 5. The van der Waals surface area contributed by atoms with Crippen molar-refractivity contribution in [3.63, 3.8) is 0 Å². The van der Waals surface area contributed by atoms with E-state index in [2.05, 4.69) is 10.2 Å². The van der Waals surface area contributed by atoms with Gasteiger partial charge in [0, 0.05) is 18.2 Å². The van der Waals surface area contributed by atoms with Gasteiger partial charge in [-0.1, -0.05) is 29.5 Å². The normalized spacial score (nSPS) is 22.5. The van der Waals surface area contributed by atoms with Crippen molar-refractivity contribution in [3.8, 4) is 10.8 Å². The van der Waals surface area contributed by atoms with Gasteiger partial charge in [-0.15, -0.1) is 4.80 Å². The highest BCUT2D eigenvalue weighted by Gasteiger charge is 2.55. The van der Waals surface area contributed by atoms with Crippen molar-refractivity contribution in [3.05, 3.63) is 68.6 Å². The molecule has 0 spiro atoms. The monoisotopic (exact) mass is 637 g/mol. The first-order valence-corrected chi connectivity index (χ1v) is 16.0. The lowest BCUT2D eigenvalue weighted by Gasteiger charge is -2.32. The Balaban J connectivity index is 1.39. The molecule has 2 aliphatic heterocycles. The molecule has 3 aliphatic rings. The third-order valence-electron chi connectivity index (χ3n) is 9.10. The lowest BCUT2D eigenvalue weighted by molar-refractivity contribution is -0.142. The molecule has 1 saturated carbocycles. The molecule has 1 aromatic carbocycles. The number of hydrogen-bond acceptors (Lipinski definition) is 10. The van der Waals surface area contributed by atoms with Gasteiger partial charge in [-0.05, 0) is 51.5 Å². The first-order valence-electron chi connectivity index (χ1n) is 15.2. The van der Waals surface area contributed by atoms with Crippen LogP contribution >= 0.6 is 11.3 Å². The molecule has 2 saturated heterocycles. The van der Waals surface area contributed by atoms with Crippen molar-refractivity contribution in [2.75, 3.05) is 20.3 Å². The van der Waals surface area contributed by atoms with E-state index in [1.54, 1.807) is 14.0 Å². The number of carboxylic acids is 1. The van der Waals surface area contributed by atoms with Crippen molar-refractivity contribution in [2.45, 2.75) is 81.9 Å². The summed E-state index contributed by atoms with van der Waals surface area (Å²) < 4.78 is 26.7.